The van der Waals surface area contributed by atoms with E-state index in [1.165, 1.54) is 0 Å². The molecule has 0 unspecified atom stereocenters. The van der Waals surface area contributed by atoms with Gasteiger partial charge >= 0.3 is 0 Å². The smallest absolute Gasteiger partial charge is 0.288 e. The summed E-state index contributed by atoms with van der Waals surface area (Å²) in [6.45, 7) is 1.62. The minimum atomic E-state index is -0.632. The first kappa shape index (κ1) is 13.7. The number of nitro groups is 1. The highest BCUT2D eigenvalue weighted by molar-refractivity contribution is 7.99. The summed E-state index contributed by atoms with van der Waals surface area (Å²) in [6, 6.07) is 1.15. The second kappa shape index (κ2) is 5.52. The Hall–Kier alpha value is -2.69. The molecule has 0 aliphatic carbocycles. The van der Waals surface area contributed by atoms with Crippen molar-refractivity contribution >= 4 is 23.3 Å². The Morgan fingerprint density at radius 2 is 2.35 bits per heavy atom. The lowest BCUT2D eigenvalue weighted by Gasteiger charge is -2.04. The van der Waals surface area contributed by atoms with Crippen molar-refractivity contribution < 1.29 is 14.5 Å². The summed E-state index contributed by atoms with van der Waals surface area (Å²) in [5.74, 6) is 0.0553. The van der Waals surface area contributed by atoms with E-state index in [9.17, 15) is 10.1 Å². The van der Waals surface area contributed by atoms with Crippen LogP contribution in [-0.2, 0) is 0 Å². The number of rotatable bonds is 4. The SMILES string of the molecule is Cc1nnc(Sc2ncc([N+](=O)[O-])cc2C(N)=NO)o1. The van der Waals surface area contributed by atoms with E-state index in [1.54, 1.807) is 6.92 Å². The molecule has 2 aromatic rings. The number of nitrogens with two attached hydrogens (primary N) is 1. The van der Waals surface area contributed by atoms with Gasteiger partial charge < -0.3 is 15.4 Å². The summed E-state index contributed by atoms with van der Waals surface area (Å²) < 4.78 is 5.16. The number of amidine groups is 1. The first-order chi connectivity index (χ1) is 9.51. The average Bonchev–Trinajstić information content (AvgIpc) is 2.83. The number of pyridine rings is 1. The molecule has 2 heterocycles. The molecule has 0 radical (unpaired) electrons. The largest absolute Gasteiger partial charge is 0.416 e. The van der Waals surface area contributed by atoms with Gasteiger partial charge in [0.1, 0.15) is 11.2 Å². The summed E-state index contributed by atoms with van der Waals surface area (Å²) in [5.41, 5.74) is 5.30. The van der Waals surface area contributed by atoms with Crippen LogP contribution in [0.1, 0.15) is 11.5 Å². The number of nitrogens with zero attached hydrogens (tertiary/aromatic N) is 5. The third-order valence-corrected chi connectivity index (χ3v) is 2.98. The Labute approximate surface area is 115 Å². The van der Waals surface area contributed by atoms with Gasteiger partial charge in [-0.15, -0.1) is 10.2 Å². The van der Waals surface area contributed by atoms with Crippen LogP contribution in [0.3, 0.4) is 0 Å². The lowest BCUT2D eigenvalue weighted by molar-refractivity contribution is -0.385. The van der Waals surface area contributed by atoms with Crippen molar-refractivity contribution in [1.29, 1.82) is 0 Å². The van der Waals surface area contributed by atoms with E-state index in [2.05, 4.69) is 20.3 Å². The standard InChI is InChI=1S/C9H8N6O4S/c1-4-12-13-9(19-4)20-8-6(7(10)14-16)2-5(3-11-8)15(17)18/h2-3,16H,1H3,(H2,10,14). The van der Waals surface area contributed by atoms with E-state index in [-0.39, 0.29) is 27.3 Å². The van der Waals surface area contributed by atoms with Gasteiger partial charge in [-0.25, -0.2) is 4.98 Å². The predicted molar refractivity (Wildman–Crippen MR) is 66.6 cm³/mol. The summed E-state index contributed by atoms with van der Waals surface area (Å²) in [5, 5.41) is 30.1. The van der Waals surface area contributed by atoms with Crippen LogP contribution < -0.4 is 5.73 Å². The lowest BCUT2D eigenvalue weighted by Crippen LogP contribution is -2.15. The molecule has 3 N–H and O–H groups in total. The number of aryl methyl sites for hydroxylation is 1. The zero-order chi connectivity index (χ0) is 14.7. The van der Waals surface area contributed by atoms with Gasteiger partial charge in [0, 0.05) is 13.0 Å². The van der Waals surface area contributed by atoms with Gasteiger partial charge in [-0.05, 0) is 11.8 Å². The van der Waals surface area contributed by atoms with Crippen molar-refractivity contribution in [1.82, 2.24) is 15.2 Å². The van der Waals surface area contributed by atoms with Crippen molar-refractivity contribution in [2.24, 2.45) is 10.9 Å². The van der Waals surface area contributed by atoms with Crippen molar-refractivity contribution in [3.63, 3.8) is 0 Å². The van der Waals surface area contributed by atoms with Crippen molar-refractivity contribution in [2.45, 2.75) is 17.2 Å². The minimum Gasteiger partial charge on any atom is -0.416 e. The molecule has 0 bridgehead atoms. The fourth-order valence-electron chi connectivity index (χ4n) is 1.26. The maximum atomic E-state index is 10.7. The fraction of sp³-hybridized carbons (Fsp3) is 0.111. The molecular weight excluding hydrogens is 288 g/mol. The summed E-state index contributed by atoms with van der Waals surface area (Å²) >= 11 is 0.953. The van der Waals surface area contributed by atoms with Gasteiger partial charge in [-0.3, -0.25) is 10.1 Å². The van der Waals surface area contributed by atoms with Gasteiger partial charge in [0.15, 0.2) is 5.84 Å². The maximum Gasteiger partial charge on any atom is 0.288 e. The van der Waals surface area contributed by atoms with E-state index in [4.69, 9.17) is 15.4 Å². The number of hydrogen-bond acceptors (Lipinski definition) is 9. The molecule has 0 amide bonds. The highest BCUT2D eigenvalue weighted by Crippen LogP contribution is 2.29. The van der Waals surface area contributed by atoms with Crippen LogP contribution in [0.2, 0.25) is 0 Å². The molecule has 0 saturated heterocycles. The van der Waals surface area contributed by atoms with Crippen LogP contribution in [0.15, 0.2) is 32.1 Å². The molecule has 0 atom stereocenters. The van der Waals surface area contributed by atoms with E-state index in [0.29, 0.717) is 5.89 Å². The van der Waals surface area contributed by atoms with Gasteiger partial charge in [0.05, 0.1) is 10.5 Å². The molecule has 10 nitrogen and oxygen atoms in total. The maximum absolute atomic E-state index is 10.7. The Morgan fingerprint density at radius 1 is 1.60 bits per heavy atom. The Morgan fingerprint density at radius 3 is 2.90 bits per heavy atom. The lowest BCUT2D eigenvalue weighted by atomic mass is 10.2. The molecule has 2 rings (SSSR count). The van der Waals surface area contributed by atoms with E-state index < -0.39 is 4.92 Å². The van der Waals surface area contributed by atoms with Crippen molar-refractivity contribution in [3.8, 4) is 0 Å². The normalized spacial score (nSPS) is 11.6. The molecule has 20 heavy (non-hydrogen) atoms. The Bertz CT molecular complexity index is 685. The highest BCUT2D eigenvalue weighted by Gasteiger charge is 2.18. The zero-order valence-electron chi connectivity index (χ0n) is 10.0. The quantitative estimate of drug-likeness (QED) is 0.275. The van der Waals surface area contributed by atoms with Crippen LogP contribution in [0, 0.1) is 17.0 Å². The highest BCUT2D eigenvalue weighted by atomic mass is 32.2. The van der Waals surface area contributed by atoms with Gasteiger partial charge in [0.2, 0.25) is 5.89 Å². The fourth-order valence-corrected chi connectivity index (χ4v) is 2.05. The number of oxime groups is 1. The number of aromatic nitrogens is 3. The first-order valence-corrected chi connectivity index (χ1v) is 5.93. The molecule has 104 valence electrons. The van der Waals surface area contributed by atoms with Crippen LogP contribution in [0.25, 0.3) is 0 Å². The van der Waals surface area contributed by atoms with E-state index in [1.807, 2.05) is 0 Å². The molecule has 0 spiro atoms. The average molecular weight is 296 g/mol. The molecule has 2 aromatic heterocycles. The van der Waals surface area contributed by atoms with Crippen LogP contribution in [0.5, 0.6) is 0 Å². The molecule has 11 heteroatoms. The van der Waals surface area contributed by atoms with Crippen molar-refractivity contribution in [3.05, 3.63) is 33.8 Å². The molecule has 0 aromatic carbocycles. The van der Waals surface area contributed by atoms with Crippen LogP contribution >= 0.6 is 11.8 Å². The summed E-state index contributed by atoms with van der Waals surface area (Å²) in [4.78, 5) is 14.0. The number of hydrogen-bond donors (Lipinski definition) is 2. The second-order valence-electron chi connectivity index (χ2n) is 3.48. The third-order valence-electron chi connectivity index (χ3n) is 2.12. The van der Waals surface area contributed by atoms with Crippen LogP contribution in [-0.4, -0.2) is 31.1 Å². The zero-order valence-corrected chi connectivity index (χ0v) is 10.9. The van der Waals surface area contributed by atoms with Gasteiger partial charge in [0.25, 0.3) is 10.9 Å². The van der Waals surface area contributed by atoms with E-state index in [0.717, 1.165) is 24.0 Å². The van der Waals surface area contributed by atoms with E-state index >= 15 is 0 Å². The molecule has 0 fully saturated rings. The minimum absolute atomic E-state index is 0.0996. The second-order valence-corrected chi connectivity index (χ2v) is 4.42. The summed E-state index contributed by atoms with van der Waals surface area (Å²) in [6.07, 6.45) is 1.06. The molecule has 0 saturated carbocycles. The monoisotopic (exact) mass is 296 g/mol. The van der Waals surface area contributed by atoms with Gasteiger partial charge in [-0.2, -0.15) is 0 Å². The van der Waals surface area contributed by atoms with Crippen LogP contribution in [0.4, 0.5) is 5.69 Å². The molecule has 0 aliphatic heterocycles. The Kier molecular flexibility index (Phi) is 3.79. The first-order valence-electron chi connectivity index (χ1n) is 5.11. The molecular formula is C9H8N6O4S. The third kappa shape index (κ3) is 2.83. The molecule has 0 aliphatic rings. The topological polar surface area (TPSA) is 154 Å². The summed E-state index contributed by atoms with van der Waals surface area (Å²) in [7, 11) is 0. The predicted octanol–water partition coefficient (Wildman–Crippen LogP) is 0.927. The van der Waals surface area contributed by atoms with Gasteiger partial charge in [-0.1, -0.05) is 5.16 Å². The Balaban J connectivity index is 2.43. The van der Waals surface area contributed by atoms with Crippen molar-refractivity contribution in [2.75, 3.05) is 0 Å².